The number of hydrogen-bond acceptors (Lipinski definition) is 4. The maximum absolute atomic E-state index is 8.89. The zero-order valence-corrected chi connectivity index (χ0v) is 7.17. The van der Waals surface area contributed by atoms with E-state index < -0.39 is 12.4 Å². The molecular weight excluding hydrogens is 154 g/mol. The fourth-order valence-corrected chi connectivity index (χ4v) is 0. The first kappa shape index (κ1) is 23.0. The molecule has 0 aromatic heterocycles. The molecule has 0 aliphatic rings. The third-order valence-electron chi connectivity index (χ3n) is 0. The van der Waals surface area contributed by atoms with Gasteiger partial charge < -0.3 is 19.8 Å². The molecule has 0 rings (SSSR count). The summed E-state index contributed by atoms with van der Waals surface area (Å²) in [6.07, 6.45) is 0. The van der Waals surface area contributed by atoms with Gasteiger partial charge in [0, 0.05) is 12.4 Å². The van der Waals surface area contributed by atoms with Crippen LogP contribution in [0.2, 0.25) is 0 Å². The van der Waals surface area contributed by atoms with Gasteiger partial charge in [-0.1, -0.05) is 0 Å². The summed E-state index contributed by atoms with van der Waals surface area (Å²) in [5, 5.41) is 17.1. The molecule has 0 aliphatic heterocycles. The summed E-state index contributed by atoms with van der Waals surface area (Å²) >= 11 is 0. The quantitative estimate of drug-likeness (QED) is 0.269. The summed E-state index contributed by atoms with van der Waals surface area (Å²) in [5.41, 5.74) is 0. The summed E-state index contributed by atoms with van der Waals surface area (Å²) in [4.78, 5) is 17.1. The second kappa shape index (κ2) is 24.5. The van der Waals surface area contributed by atoms with Crippen LogP contribution in [-0.2, 0) is 9.59 Å². The minimum atomic E-state index is -1.08. The predicted octanol–water partition coefficient (Wildman–Crippen LogP) is -3.64. The van der Waals surface area contributed by atoms with Crippen LogP contribution in [0, 0.1) is 0 Å². The molecule has 0 aliphatic carbocycles. The van der Waals surface area contributed by atoms with E-state index >= 15 is 0 Å². The average molecular weight is 158 g/mol. The number of carboxylic acid groups (broad SMARTS) is 2. The largest absolute Gasteiger partial charge is 3.00 e. The number of rotatable bonds is 0. The third-order valence-corrected chi connectivity index (χ3v) is 0. The van der Waals surface area contributed by atoms with Crippen molar-refractivity contribution in [2.75, 3.05) is 0 Å². The number of carbonyl (C=O) groups is 2. The Morgan fingerprint density at radius 1 is 1.44 bits per heavy atom. The SMILES string of the molecule is CC(=O)[O-].O=C[O-].[Al+3].[Al+3]. The van der Waals surface area contributed by atoms with E-state index in [0.717, 1.165) is 6.92 Å². The van der Waals surface area contributed by atoms with Crippen molar-refractivity contribution >= 4 is 47.2 Å². The molecule has 0 aromatic rings. The van der Waals surface area contributed by atoms with Gasteiger partial charge in [-0.15, -0.1) is 0 Å². The van der Waals surface area contributed by atoms with Crippen molar-refractivity contribution < 1.29 is 19.8 Å². The van der Waals surface area contributed by atoms with Gasteiger partial charge in [-0.05, 0) is 6.92 Å². The second-order valence-electron chi connectivity index (χ2n) is 0.588. The van der Waals surface area contributed by atoms with Crippen LogP contribution in [0.4, 0.5) is 0 Å². The fraction of sp³-hybridized carbons (Fsp3) is 0.333. The Hall–Kier alpha value is 0.00494. The Morgan fingerprint density at radius 2 is 1.44 bits per heavy atom. The van der Waals surface area contributed by atoms with E-state index in [1.54, 1.807) is 0 Å². The third kappa shape index (κ3) is 11900000. The van der Waals surface area contributed by atoms with Gasteiger partial charge in [0.05, 0.1) is 0 Å². The zero-order chi connectivity index (χ0) is 6.28. The topological polar surface area (TPSA) is 80.3 Å². The normalized spacial score (nSPS) is 4.11. The average Bonchev–Trinajstić information content (AvgIpc) is 1.33. The Morgan fingerprint density at radius 3 is 1.44 bits per heavy atom. The zero-order valence-electron chi connectivity index (χ0n) is 4.87. The monoisotopic (exact) mass is 158 g/mol. The van der Waals surface area contributed by atoms with Crippen LogP contribution in [0.5, 0.6) is 0 Å². The van der Waals surface area contributed by atoms with Gasteiger partial charge in [-0.25, -0.2) is 0 Å². The second-order valence-corrected chi connectivity index (χ2v) is 0.588. The van der Waals surface area contributed by atoms with E-state index in [9.17, 15) is 0 Å². The van der Waals surface area contributed by atoms with Gasteiger partial charge in [0.2, 0.25) is 0 Å². The molecule has 0 heterocycles. The molecular formula is C3H4Al2O4+4. The number of hydrogen-bond donors (Lipinski definition) is 0. The van der Waals surface area contributed by atoms with Crippen LogP contribution in [0.15, 0.2) is 0 Å². The van der Waals surface area contributed by atoms with E-state index in [0.29, 0.717) is 0 Å². The van der Waals surface area contributed by atoms with E-state index in [2.05, 4.69) is 0 Å². The molecule has 0 saturated heterocycles. The Kier molecular flexibility index (Phi) is 62.7. The Balaban J connectivity index is -0.0000000233. The first-order valence-corrected chi connectivity index (χ1v) is 1.38. The van der Waals surface area contributed by atoms with Gasteiger partial charge in [0.25, 0.3) is 0 Å². The molecule has 42 valence electrons. The minimum absolute atomic E-state index is 0. The number of carboxylic acids is 1. The molecule has 0 bridgehead atoms. The first-order chi connectivity index (χ1) is 3.15. The molecule has 0 aromatic carbocycles. The molecule has 9 heavy (non-hydrogen) atoms. The smallest absolute Gasteiger partial charge is 0.554 e. The summed E-state index contributed by atoms with van der Waals surface area (Å²) in [5.74, 6) is -1.08. The van der Waals surface area contributed by atoms with Crippen LogP contribution in [0.25, 0.3) is 0 Å². The molecule has 0 fully saturated rings. The summed E-state index contributed by atoms with van der Waals surface area (Å²) in [7, 11) is 0. The maximum Gasteiger partial charge on any atom is 3.00 e. The number of carbonyl (C=O) groups excluding carboxylic acids is 2. The summed E-state index contributed by atoms with van der Waals surface area (Å²) in [6.45, 7) is 0.472. The first-order valence-electron chi connectivity index (χ1n) is 1.38. The van der Waals surface area contributed by atoms with E-state index in [4.69, 9.17) is 19.8 Å². The molecule has 6 heteroatoms. The van der Waals surface area contributed by atoms with Crippen LogP contribution in [0.1, 0.15) is 6.92 Å². The van der Waals surface area contributed by atoms with Gasteiger partial charge in [0.15, 0.2) is 0 Å². The van der Waals surface area contributed by atoms with E-state index in [1.165, 1.54) is 0 Å². The summed E-state index contributed by atoms with van der Waals surface area (Å²) in [6, 6.07) is 0. The predicted molar refractivity (Wildman–Crippen MR) is 28.3 cm³/mol. The van der Waals surface area contributed by atoms with Crippen molar-refractivity contribution in [3.05, 3.63) is 0 Å². The van der Waals surface area contributed by atoms with Crippen molar-refractivity contribution in [1.29, 1.82) is 0 Å². The molecule has 0 N–H and O–H groups in total. The Labute approximate surface area is 74.1 Å². The molecule has 0 amide bonds. The van der Waals surface area contributed by atoms with Crippen molar-refractivity contribution in [1.82, 2.24) is 0 Å². The standard InChI is InChI=1S/C2H4O2.CH2O2.2Al/c1-2(3)4;2-1-3;;/h1H3,(H,3,4);1H,(H,2,3);;/q;;2*+3/p-2. The van der Waals surface area contributed by atoms with Crippen LogP contribution >= 0.6 is 0 Å². The minimum Gasteiger partial charge on any atom is -0.554 e. The van der Waals surface area contributed by atoms with Gasteiger partial charge >= 0.3 is 34.7 Å². The van der Waals surface area contributed by atoms with Gasteiger partial charge in [-0.2, -0.15) is 0 Å². The molecule has 4 nitrogen and oxygen atoms in total. The van der Waals surface area contributed by atoms with Crippen molar-refractivity contribution in [2.24, 2.45) is 0 Å². The van der Waals surface area contributed by atoms with Crippen LogP contribution in [0.3, 0.4) is 0 Å². The maximum atomic E-state index is 8.89. The van der Waals surface area contributed by atoms with Gasteiger partial charge in [0.1, 0.15) is 0 Å². The van der Waals surface area contributed by atoms with E-state index in [1.807, 2.05) is 0 Å². The summed E-state index contributed by atoms with van der Waals surface area (Å²) < 4.78 is 0. The van der Waals surface area contributed by atoms with E-state index in [-0.39, 0.29) is 34.7 Å². The number of aliphatic carboxylic acids is 1. The molecule has 0 unspecified atom stereocenters. The van der Waals surface area contributed by atoms with Crippen molar-refractivity contribution in [2.45, 2.75) is 6.92 Å². The molecule has 0 radical (unpaired) electrons. The Bertz CT molecular complexity index is 60.8. The van der Waals surface area contributed by atoms with Crippen LogP contribution in [-0.4, -0.2) is 47.2 Å². The molecule has 0 saturated carbocycles. The van der Waals surface area contributed by atoms with Crippen molar-refractivity contribution in [3.8, 4) is 0 Å². The molecule has 0 atom stereocenters. The molecule has 0 spiro atoms. The van der Waals surface area contributed by atoms with Gasteiger partial charge in [-0.3, -0.25) is 0 Å². The fourth-order valence-electron chi connectivity index (χ4n) is 0. The van der Waals surface area contributed by atoms with Crippen molar-refractivity contribution in [3.63, 3.8) is 0 Å². The van der Waals surface area contributed by atoms with Crippen LogP contribution < -0.4 is 10.2 Å².